The highest BCUT2D eigenvalue weighted by Gasteiger charge is 2.05. The van der Waals surface area contributed by atoms with E-state index in [1.807, 2.05) is 25.1 Å². The molecule has 0 aliphatic rings. The Morgan fingerprint density at radius 1 is 1.38 bits per heavy atom. The van der Waals surface area contributed by atoms with Gasteiger partial charge in [-0.25, -0.2) is 0 Å². The number of hydrogen-bond acceptors (Lipinski definition) is 2. The Hall–Kier alpha value is -0.770. The van der Waals surface area contributed by atoms with Crippen LogP contribution in [-0.4, -0.2) is 26.9 Å². The number of methoxy groups -OCH3 is 1. The lowest BCUT2D eigenvalue weighted by molar-refractivity contribution is -0.671. The molecule has 3 nitrogen and oxygen atoms in total. The molecule has 0 aromatic heterocycles. The zero-order valence-electron chi connectivity index (χ0n) is 9.83. The van der Waals surface area contributed by atoms with Crippen molar-refractivity contribution in [1.29, 1.82) is 0 Å². The molecule has 4 heteroatoms. The predicted octanol–water partition coefficient (Wildman–Crippen LogP) is 1.45. The normalized spacial score (nSPS) is 10.4. The van der Waals surface area contributed by atoms with Gasteiger partial charge in [0.05, 0.1) is 19.8 Å². The van der Waals surface area contributed by atoms with Crippen molar-refractivity contribution in [3.8, 4) is 5.75 Å². The maximum atomic E-state index is 5.96. The van der Waals surface area contributed by atoms with E-state index in [4.69, 9.17) is 21.1 Å². The zero-order valence-corrected chi connectivity index (χ0v) is 10.6. The van der Waals surface area contributed by atoms with E-state index < -0.39 is 0 Å². The van der Waals surface area contributed by atoms with Gasteiger partial charge in [0, 0.05) is 17.7 Å². The molecule has 1 aromatic carbocycles. The van der Waals surface area contributed by atoms with E-state index in [2.05, 4.69) is 5.32 Å². The van der Waals surface area contributed by atoms with Gasteiger partial charge in [-0.15, -0.1) is 0 Å². The number of nitrogens with two attached hydrogens (primary N) is 1. The quantitative estimate of drug-likeness (QED) is 0.737. The molecule has 0 saturated heterocycles. The SMILES string of the molecule is CCOc1ccc(Cl)cc1C[NH2+]CCOC. The number of quaternary nitrogens is 1. The number of rotatable bonds is 7. The van der Waals surface area contributed by atoms with Crippen LogP contribution in [0.25, 0.3) is 0 Å². The molecule has 0 bridgehead atoms. The molecule has 0 saturated carbocycles. The Labute approximate surface area is 102 Å². The lowest BCUT2D eigenvalue weighted by Gasteiger charge is -2.09. The van der Waals surface area contributed by atoms with Crippen molar-refractivity contribution in [2.45, 2.75) is 13.5 Å². The fraction of sp³-hybridized carbons (Fsp3) is 0.500. The monoisotopic (exact) mass is 244 g/mol. The van der Waals surface area contributed by atoms with Crippen LogP contribution in [0.3, 0.4) is 0 Å². The summed E-state index contributed by atoms with van der Waals surface area (Å²) in [7, 11) is 1.71. The second-order valence-electron chi connectivity index (χ2n) is 3.46. The van der Waals surface area contributed by atoms with Crippen molar-refractivity contribution in [3.63, 3.8) is 0 Å². The second-order valence-corrected chi connectivity index (χ2v) is 3.90. The molecule has 1 rings (SSSR count). The Balaban J connectivity index is 2.57. The highest BCUT2D eigenvalue weighted by Crippen LogP contribution is 2.21. The maximum absolute atomic E-state index is 5.96. The molecule has 0 aliphatic heterocycles. The van der Waals surface area contributed by atoms with Gasteiger partial charge < -0.3 is 14.8 Å². The summed E-state index contributed by atoms with van der Waals surface area (Å²) >= 11 is 5.96. The van der Waals surface area contributed by atoms with Crippen LogP contribution in [0, 0.1) is 0 Å². The molecule has 0 fully saturated rings. The first kappa shape index (κ1) is 13.3. The molecule has 0 radical (unpaired) electrons. The number of halogens is 1. The van der Waals surface area contributed by atoms with Crippen molar-refractivity contribution >= 4 is 11.6 Å². The van der Waals surface area contributed by atoms with Crippen molar-refractivity contribution in [2.75, 3.05) is 26.9 Å². The molecule has 16 heavy (non-hydrogen) atoms. The molecule has 0 heterocycles. The Morgan fingerprint density at radius 3 is 2.88 bits per heavy atom. The van der Waals surface area contributed by atoms with Gasteiger partial charge >= 0.3 is 0 Å². The van der Waals surface area contributed by atoms with E-state index in [0.717, 1.165) is 36.0 Å². The molecule has 0 aliphatic carbocycles. The fourth-order valence-electron chi connectivity index (χ4n) is 1.46. The molecular formula is C12H19ClNO2+. The van der Waals surface area contributed by atoms with E-state index >= 15 is 0 Å². The molecule has 1 aromatic rings. The number of hydrogen-bond donors (Lipinski definition) is 1. The summed E-state index contributed by atoms with van der Waals surface area (Å²) in [5, 5.41) is 2.93. The number of ether oxygens (including phenoxy) is 2. The van der Waals surface area contributed by atoms with Gasteiger partial charge in [-0.1, -0.05) is 11.6 Å². The third kappa shape index (κ3) is 4.39. The Kier molecular flexibility index (Phi) is 6.23. The van der Waals surface area contributed by atoms with E-state index in [-0.39, 0.29) is 0 Å². The van der Waals surface area contributed by atoms with E-state index in [1.54, 1.807) is 7.11 Å². The van der Waals surface area contributed by atoms with Gasteiger partial charge in [-0.05, 0) is 25.1 Å². The summed E-state index contributed by atoms with van der Waals surface area (Å²) in [5.74, 6) is 0.917. The lowest BCUT2D eigenvalue weighted by atomic mass is 10.2. The van der Waals surface area contributed by atoms with Crippen LogP contribution in [-0.2, 0) is 11.3 Å². The van der Waals surface area contributed by atoms with Crippen LogP contribution < -0.4 is 10.1 Å². The van der Waals surface area contributed by atoms with Crippen LogP contribution >= 0.6 is 11.6 Å². The number of benzene rings is 1. The third-order valence-electron chi connectivity index (χ3n) is 2.21. The second kappa shape index (κ2) is 7.49. The summed E-state index contributed by atoms with van der Waals surface area (Å²) in [6.07, 6.45) is 0. The molecular weight excluding hydrogens is 226 g/mol. The van der Waals surface area contributed by atoms with Crippen molar-refractivity contribution in [2.24, 2.45) is 0 Å². The Bertz CT molecular complexity index is 318. The van der Waals surface area contributed by atoms with Crippen LogP contribution in [0.5, 0.6) is 5.75 Å². The first-order chi connectivity index (χ1) is 7.77. The van der Waals surface area contributed by atoms with Crippen molar-refractivity contribution < 1.29 is 14.8 Å². The summed E-state index contributed by atoms with van der Waals surface area (Å²) < 4.78 is 10.5. The van der Waals surface area contributed by atoms with Crippen LogP contribution in [0.4, 0.5) is 0 Å². The molecule has 2 N–H and O–H groups in total. The van der Waals surface area contributed by atoms with Crippen molar-refractivity contribution in [3.05, 3.63) is 28.8 Å². The summed E-state index contributed by atoms with van der Waals surface area (Å²) in [6, 6.07) is 5.73. The van der Waals surface area contributed by atoms with Crippen LogP contribution in [0.2, 0.25) is 5.02 Å². The van der Waals surface area contributed by atoms with Gasteiger partial charge in [0.15, 0.2) is 0 Å². The maximum Gasteiger partial charge on any atom is 0.128 e. The summed E-state index contributed by atoms with van der Waals surface area (Å²) in [5.41, 5.74) is 1.13. The third-order valence-corrected chi connectivity index (χ3v) is 2.45. The minimum atomic E-state index is 0.673. The smallest absolute Gasteiger partial charge is 0.128 e. The average molecular weight is 245 g/mol. The van der Waals surface area contributed by atoms with Gasteiger partial charge in [0.25, 0.3) is 0 Å². The molecule has 0 spiro atoms. The van der Waals surface area contributed by atoms with Gasteiger partial charge in [0.2, 0.25) is 0 Å². The largest absolute Gasteiger partial charge is 0.493 e. The summed E-state index contributed by atoms with van der Waals surface area (Å²) in [4.78, 5) is 0. The summed E-state index contributed by atoms with van der Waals surface area (Å²) in [6.45, 7) is 5.21. The standard InChI is InChI=1S/C12H18ClNO2/c1-3-16-12-5-4-11(13)8-10(12)9-14-6-7-15-2/h4-5,8,14H,3,6-7,9H2,1-2H3/p+1. The lowest BCUT2D eigenvalue weighted by Crippen LogP contribution is -2.83. The minimum Gasteiger partial charge on any atom is -0.493 e. The van der Waals surface area contributed by atoms with Gasteiger partial charge in [0.1, 0.15) is 12.3 Å². The topological polar surface area (TPSA) is 35.1 Å². The highest BCUT2D eigenvalue weighted by atomic mass is 35.5. The first-order valence-electron chi connectivity index (χ1n) is 5.49. The zero-order chi connectivity index (χ0) is 11.8. The van der Waals surface area contributed by atoms with Crippen molar-refractivity contribution in [1.82, 2.24) is 0 Å². The van der Waals surface area contributed by atoms with Crippen LogP contribution in [0.15, 0.2) is 18.2 Å². The van der Waals surface area contributed by atoms with E-state index in [1.165, 1.54) is 0 Å². The van der Waals surface area contributed by atoms with Crippen LogP contribution in [0.1, 0.15) is 12.5 Å². The van der Waals surface area contributed by atoms with Gasteiger partial charge in [-0.3, -0.25) is 0 Å². The molecule has 0 amide bonds. The first-order valence-corrected chi connectivity index (χ1v) is 5.87. The molecule has 0 unspecified atom stereocenters. The van der Waals surface area contributed by atoms with Gasteiger partial charge in [-0.2, -0.15) is 0 Å². The Morgan fingerprint density at radius 2 is 2.19 bits per heavy atom. The predicted molar refractivity (Wildman–Crippen MR) is 65.0 cm³/mol. The van der Waals surface area contributed by atoms with E-state index in [0.29, 0.717) is 6.61 Å². The minimum absolute atomic E-state index is 0.673. The van der Waals surface area contributed by atoms with E-state index in [9.17, 15) is 0 Å². The fourth-order valence-corrected chi connectivity index (χ4v) is 1.66. The molecule has 90 valence electrons. The highest BCUT2D eigenvalue weighted by molar-refractivity contribution is 6.30. The average Bonchev–Trinajstić information content (AvgIpc) is 2.28. The molecule has 0 atom stereocenters.